The molecule has 1 aliphatic carbocycles. The lowest BCUT2D eigenvalue weighted by molar-refractivity contribution is -0.131. The quantitative estimate of drug-likeness (QED) is 0.728. The molecule has 146 valence electrons. The van der Waals surface area contributed by atoms with Gasteiger partial charge in [-0.15, -0.1) is 0 Å². The van der Waals surface area contributed by atoms with Crippen LogP contribution in [-0.2, 0) is 17.8 Å². The molecule has 5 rings (SSSR count). The molecule has 2 aliphatic rings. The Morgan fingerprint density at radius 3 is 2.93 bits per heavy atom. The molecule has 5 heteroatoms. The molecule has 1 N–H and O–H groups in total. The van der Waals surface area contributed by atoms with E-state index in [1.807, 2.05) is 24.5 Å². The molecule has 28 heavy (non-hydrogen) atoms. The Kier molecular flexibility index (Phi) is 4.67. The Morgan fingerprint density at radius 1 is 1.18 bits per heavy atom. The van der Waals surface area contributed by atoms with Crippen LogP contribution in [0.5, 0.6) is 0 Å². The highest BCUT2D eigenvalue weighted by atomic mass is 16.2. The number of fused-ring (bicyclic) bond motifs is 1. The maximum atomic E-state index is 13.0. The molecule has 3 heterocycles. The third-order valence-electron chi connectivity index (χ3n) is 6.58. The number of H-pyrrole nitrogens is 1. The van der Waals surface area contributed by atoms with Crippen molar-refractivity contribution in [2.24, 2.45) is 5.92 Å². The summed E-state index contributed by atoms with van der Waals surface area (Å²) in [6.45, 7) is 2.75. The number of imidazole rings is 1. The van der Waals surface area contributed by atoms with E-state index in [-0.39, 0.29) is 5.91 Å². The normalized spacial score (nSPS) is 20.4. The van der Waals surface area contributed by atoms with Gasteiger partial charge in [-0.05, 0) is 43.2 Å². The fourth-order valence-electron chi connectivity index (χ4n) is 4.76. The Morgan fingerprint density at radius 2 is 2.07 bits per heavy atom. The number of piperidine rings is 1. The molecule has 1 saturated carbocycles. The van der Waals surface area contributed by atoms with Crippen LogP contribution in [0, 0.1) is 5.92 Å². The monoisotopic (exact) mass is 376 g/mol. The van der Waals surface area contributed by atoms with Gasteiger partial charge in [-0.25, -0.2) is 4.98 Å². The second-order valence-electron chi connectivity index (χ2n) is 8.45. The third kappa shape index (κ3) is 3.34. The van der Waals surface area contributed by atoms with Gasteiger partial charge in [0.2, 0.25) is 5.91 Å². The van der Waals surface area contributed by atoms with Crippen LogP contribution >= 0.6 is 0 Å². The van der Waals surface area contributed by atoms with Crippen LogP contribution in [0.1, 0.15) is 49.4 Å². The lowest BCUT2D eigenvalue weighted by atomic mass is 9.85. The molecule has 1 aromatic carbocycles. The largest absolute Gasteiger partial charge is 0.361 e. The topological polar surface area (TPSA) is 53.9 Å². The summed E-state index contributed by atoms with van der Waals surface area (Å²) in [5.74, 6) is 2.58. The molecule has 2 aromatic heterocycles. The fourth-order valence-corrected chi connectivity index (χ4v) is 4.76. The molecular formula is C23H28N4O. The summed E-state index contributed by atoms with van der Waals surface area (Å²) in [4.78, 5) is 23.0. The Hall–Kier alpha value is -2.56. The van der Waals surface area contributed by atoms with Gasteiger partial charge in [0, 0.05) is 55.0 Å². The highest BCUT2D eigenvalue weighted by Crippen LogP contribution is 2.31. The van der Waals surface area contributed by atoms with Crippen molar-refractivity contribution in [2.75, 3.05) is 13.1 Å². The van der Waals surface area contributed by atoms with Crippen molar-refractivity contribution in [3.63, 3.8) is 0 Å². The fraction of sp³-hybridized carbons (Fsp3) is 0.478. The summed E-state index contributed by atoms with van der Waals surface area (Å²) in [6.07, 6.45) is 12.7. The number of carbonyl (C=O) groups excluding carboxylic acids is 1. The number of likely N-dealkylation sites (tertiary alicyclic amines) is 1. The summed E-state index contributed by atoms with van der Waals surface area (Å²) in [5.41, 5.74) is 2.19. The second kappa shape index (κ2) is 7.46. The smallest absolute Gasteiger partial charge is 0.227 e. The van der Waals surface area contributed by atoms with Crippen molar-refractivity contribution < 1.29 is 4.79 Å². The third-order valence-corrected chi connectivity index (χ3v) is 6.58. The lowest BCUT2D eigenvalue weighted by Crippen LogP contribution is -2.40. The standard InChI is InChI=1S/C23H28N4O/c28-22(13-19-14-25-21-9-2-1-8-20(19)21)26-11-4-7-18(16-26)23-24-10-12-27(23)15-17-5-3-6-17/h1-2,8-10,12,14,17-18,25H,3-7,11,13,15-16H2/t18-/m1/s1. The first-order valence-corrected chi connectivity index (χ1v) is 10.6. The van der Waals surface area contributed by atoms with Crippen LogP contribution < -0.4 is 0 Å². The van der Waals surface area contributed by atoms with E-state index in [9.17, 15) is 4.79 Å². The summed E-state index contributed by atoms with van der Waals surface area (Å²) in [5, 5.41) is 1.15. The van der Waals surface area contributed by atoms with E-state index in [1.165, 1.54) is 25.1 Å². The summed E-state index contributed by atoms with van der Waals surface area (Å²) < 4.78 is 2.35. The van der Waals surface area contributed by atoms with Gasteiger partial charge in [-0.3, -0.25) is 4.79 Å². The number of aromatic nitrogens is 3. The minimum Gasteiger partial charge on any atom is -0.361 e. The number of nitrogens with one attached hydrogen (secondary N) is 1. The second-order valence-corrected chi connectivity index (χ2v) is 8.45. The molecule has 0 unspecified atom stereocenters. The molecule has 2 fully saturated rings. The predicted molar refractivity (Wildman–Crippen MR) is 110 cm³/mol. The highest BCUT2D eigenvalue weighted by Gasteiger charge is 2.28. The molecule has 3 aromatic rings. The number of benzene rings is 1. The summed E-state index contributed by atoms with van der Waals surface area (Å²) in [7, 11) is 0. The van der Waals surface area contributed by atoms with Crippen LogP contribution in [0.15, 0.2) is 42.9 Å². The van der Waals surface area contributed by atoms with E-state index in [0.29, 0.717) is 12.3 Å². The van der Waals surface area contributed by atoms with Crippen molar-refractivity contribution in [2.45, 2.75) is 51.0 Å². The summed E-state index contributed by atoms with van der Waals surface area (Å²) >= 11 is 0. The van der Waals surface area contributed by atoms with Gasteiger partial charge in [0.05, 0.1) is 6.42 Å². The van der Waals surface area contributed by atoms with E-state index >= 15 is 0 Å². The van der Waals surface area contributed by atoms with E-state index in [1.54, 1.807) is 0 Å². The number of carbonyl (C=O) groups is 1. The number of hydrogen-bond acceptors (Lipinski definition) is 2. The molecule has 5 nitrogen and oxygen atoms in total. The number of aromatic amines is 1. The van der Waals surface area contributed by atoms with Gasteiger partial charge < -0.3 is 14.5 Å². The molecular weight excluding hydrogens is 348 g/mol. The number of rotatable bonds is 5. The van der Waals surface area contributed by atoms with Crippen LogP contribution in [0.4, 0.5) is 0 Å². The van der Waals surface area contributed by atoms with Crippen LogP contribution in [0.2, 0.25) is 0 Å². The van der Waals surface area contributed by atoms with Crippen LogP contribution in [-0.4, -0.2) is 38.4 Å². The SMILES string of the molecule is O=C(Cc1c[nH]c2ccccc12)N1CCC[C@@H](c2nccn2CC2CCC2)C1. The van der Waals surface area contributed by atoms with E-state index < -0.39 is 0 Å². The molecule has 1 aliphatic heterocycles. The number of nitrogens with zero attached hydrogens (tertiary/aromatic N) is 3. The first-order chi connectivity index (χ1) is 13.8. The Labute approximate surface area is 165 Å². The maximum Gasteiger partial charge on any atom is 0.227 e. The zero-order valence-electron chi connectivity index (χ0n) is 16.3. The average molecular weight is 377 g/mol. The molecule has 0 radical (unpaired) electrons. The zero-order chi connectivity index (χ0) is 18.9. The predicted octanol–water partition coefficient (Wildman–Crippen LogP) is 4.11. The van der Waals surface area contributed by atoms with E-state index in [0.717, 1.165) is 54.9 Å². The van der Waals surface area contributed by atoms with Crippen LogP contribution in [0.25, 0.3) is 10.9 Å². The first-order valence-electron chi connectivity index (χ1n) is 10.6. The van der Waals surface area contributed by atoms with Gasteiger partial charge >= 0.3 is 0 Å². The van der Waals surface area contributed by atoms with Crippen molar-refractivity contribution in [1.29, 1.82) is 0 Å². The minimum absolute atomic E-state index is 0.228. The van der Waals surface area contributed by atoms with Gasteiger partial charge in [0.1, 0.15) is 5.82 Å². The minimum atomic E-state index is 0.228. The first kappa shape index (κ1) is 17.5. The van der Waals surface area contributed by atoms with Crippen LogP contribution in [0.3, 0.4) is 0 Å². The van der Waals surface area contributed by atoms with Gasteiger partial charge in [0.15, 0.2) is 0 Å². The molecule has 1 amide bonds. The van der Waals surface area contributed by atoms with Gasteiger partial charge in [-0.2, -0.15) is 0 Å². The van der Waals surface area contributed by atoms with Crippen molar-refractivity contribution in [1.82, 2.24) is 19.4 Å². The molecule has 1 saturated heterocycles. The zero-order valence-corrected chi connectivity index (χ0v) is 16.3. The Balaban J connectivity index is 1.28. The number of hydrogen-bond donors (Lipinski definition) is 1. The molecule has 0 bridgehead atoms. The lowest BCUT2D eigenvalue weighted by Gasteiger charge is -2.33. The van der Waals surface area contributed by atoms with Gasteiger partial charge in [0.25, 0.3) is 0 Å². The van der Waals surface area contributed by atoms with Crippen molar-refractivity contribution in [3.05, 3.63) is 54.2 Å². The van der Waals surface area contributed by atoms with Crippen molar-refractivity contribution >= 4 is 16.8 Å². The van der Waals surface area contributed by atoms with Gasteiger partial charge in [-0.1, -0.05) is 24.6 Å². The Bertz CT molecular complexity index is 968. The van der Waals surface area contributed by atoms with E-state index in [4.69, 9.17) is 0 Å². The maximum absolute atomic E-state index is 13.0. The number of amides is 1. The molecule has 1 atom stereocenters. The molecule has 0 spiro atoms. The summed E-state index contributed by atoms with van der Waals surface area (Å²) in [6, 6.07) is 8.20. The number of para-hydroxylation sites is 1. The highest BCUT2D eigenvalue weighted by molar-refractivity contribution is 5.88. The average Bonchev–Trinajstić information content (AvgIpc) is 3.32. The van der Waals surface area contributed by atoms with Crippen molar-refractivity contribution in [3.8, 4) is 0 Å². The van der Waals surface area contributed by atoms with E-state index in [2.05, 4.69) is 37.8 Å².